The molecule has 2 amide bonds. The molecule has 6 nitrogen and oxygen atoms in total. The number of anilines is 2. The first kappa shape index (κ1) is 22.9. The smallest absolute Gasteiger partial charge is 0.257 e. The minimum absolute atomic E-state index is 0.00248. The van der Waals surface area contributed by atoms with Gasteiger partial charge in [0, 0.05) is 29.4 Å². The van der Waals surface area contributed by atoms with E-state index in [-0.39, 0.29) is 17.2 Å². The second kappa shape index (κ2) is 9.56. The van der Waals surface area contributed by atoms with Gasteiger partial charge in [0.1, 0.15) is 11.5 Å². The van der Waals surface area contributed by atoms with Gasteiger partial charge in [-0.3, -0.25) is 9.59 Å². The Morgan fingerprint density at radius 1 is 0.750 bits per heavy atom. The molecule has 3 aromatic carbocycles. The van der Waals surface area contributed by atoms with Crippen LogP contribution >= 0.6 is 0 Å². The summed E-state index contributed by atoms with van der Waals surface area (Å²) in [7, 11) is 3.08. The Bertz CT molecular complexity index is 1090. The number of hydrogen-bond acceptors (Lipinski definition) is 4. The molecule has 0 spiro atoms. The molecule has 6 heteroatoms. The van der Waals surface area contributed by atoms with E-state index in [0.717, 1.165) is 5.56 Å². The maximum absolute atomic E-state index is 13.0. The standard InChI is InChI=1S/C26H28N2O4/c1-26(2,3)18-12-10-17(11-13-18)24(29)28-23-9-7-6-8-22(23)25(30)27-19-14-20(31-4)16-21(15-19)32-5/h6-16H,1-5H3,(H,27,30)(H,28,29). The third-order valence-electron chi connectivity index (χ3n) is 5.04. The lowest BCUT2D eigenvalue weighted by atomic mass is 9.86. The maximum atomic E-state index is 13.0. The van der Waals surface area contributed by atoms with E-state index in [2.05, 4.69) is 31.4 Å². The van der Waals surface area contributed by atoms with E-state index in [4.69, 9.17) is 9.47 Å². The molecule has 0 atom stereocenters. The normalized spacial score (nSPS) is 10.9. The van der Waals surface area contributed by atoms with Gasteiger partial charge in [0.25, 0.3) is 11.8 Å². The van der Waals surface area contributed by atoms with Crippen LogP contribution in [0.3, 0.4) is 0 Å². The summed E-state index contributed by atoms with van der Waals surface area (Å²) in [5.41, 5.74) is 2.94. The van der Waals surface area contributed by atoms with Gasteiger partial charge in [0.2, 0.25) is 0 Å². The van der Waals surface area contributed by atoms with Crippen LogP contribution in [0.1, 0.15) is 47.1 Å². The molecular weight excluding hydrogens is 404 g/mol. The van der Waals surface area contributed by atoms with E-state index >= 15 is 0 Å². The summed E-state index contributed by atoms with van der Waals surface area (Å²) in [6, 6.07) is 19.5. The minimum atomic E-state index is -0.362. The van der Waals surface area contributed by atoms with E-state index in [1.807, 2.05) is 12.1 Å². The van der Waals surface area contributed by atoms with Crippen molar-refractivity contribution in [3.05, 3.63) is 83.4 Å². The molecule has 32 heavy (non-hydrogen) atoms. The van der Waals surface area contributed by atoms with E-state index < -0.39 is 0 Å². The summed E-state index contributed by atoms with van der Waals surface area (Å²) < 4.78 is 10.5. The highest BCUT2D eigenvalue weighted by atomic mass is 16.5. The van der Waals surface area contributed by atoms with E-state index in [0.29, 0.717) is 34.0 Å². The average molecular weight is 433 g/mol. The number of amides is 2. The Hall–Kier alpha value is -3.80. The third kappa shape index (κ3) is 5.46. The van der Waals surface area contributed by atoms with Crippen molar-refractivity contribution >= 4 is 23.2 Å². The van der Waals surface area contributed by atoms with Crippen molar-refractivity contribution in [2.75, 3.05) is 24.9 Å². The molecule has 0 bridgehead atoms. The van der Waals surface area contributed by atoms with E-state index in [1.54, 1.807) is 68.8 Å². The molecule has 0 aromatic heterocycles. The monoisotopic (exact) mass is 432 g/mol. The van der Waals surface area contributed by atoms with Crippen molar-refractivity contribution in [3.8, 4) is 11.5 Å². The topological polar surface area (TPSA) is 76.7 Å². The molecule has 0 unspecified atom stereocenters. The Kier molecular flexibility index (Phi) is 6.83. The molecule has 0 aliphatic heterocycles. The number of rotatable bonds is 6. The number of carbonyl (C=O) groups excluding carboxylic acids is 2. The van der Waals surface area contributed by atoms with Crippen molar-refractivity contribution in [2.24, 2.45) is 0 Å². The fraction of sp³-hybridized carbons (Fsp3) is 0.231. The molecular formula is C26H28N2O4. The second-order valence-electron chi connectivity index (χ2n) is 8.38. The SMILES string of the molecule is COc1cc(NC(=O)c2ccccc2NC(=O)c2ccc(C(C)(C)C)cc2)cc(OC)c1. The molecule has 0 radical (unpaired) electrons. The summed E-state index contributed by atoms with van der Waals surface area (Å²) in [5, 5.41) is 5.68. The van der Waals surface area contributed by atoms with Crippen molar-refractivity contribution in [3.63, 3.8) is 0 Å². The summed E-state index contributed by atoms with van der Waals surface area (Å²) in [4.78, 5) is 25.8. The molecule has 3 aromatic rings. The first-order chi connectivity index (χ1) is 15.2. The van der Waals surface area contributed by atoms with Crippen molar-refractivity contribution in [2.45, 2.75) is 26.2 Å². The lowest BCUT2D eigenvalue weighted by Gasteiger charge is -2.19. The van der Waals surface area contributed by atoms with Crippen LogP contribution in [0, 0.1) is 0 Å². The van der Waals surface area contributed by atoms with Gasteiger partial charge >= 0.3 is 0 Å². The molecule has 0 saturated heterocycles. The number of hydrogen-bond donors (Lipinski definition) is 2. The highest BCUT2D eigenvalue weighted by molar-refractivity contribution is 6.12. The van der Waals surface area contributed by atoms with Crippen LogP contribution in [0.25, 0.3) is 0 Å². The largest absolute Gasteiger partial charge is 0.497 e. The molecule has 0 heterocycles. The summed E-state index contributed by atoms with van der Waals surface area (Å²) >= 11 is 0. The zero-order valence-electron chi connectivity index (χ0n) is 19.0. The van der Waals surface area contributed by atoms with Gasteiger partial charge in [-0.15, -0.1) is 0 Å². The molecule has 0 aliphatic carbocycles. The summed E-state index contributed by atoms with van der Waals surface area (Å²) in [6.45, 7) is 6.36. The van der Waals surface area contributed by atoms with Gasteiger partial charge in [0.05, 0.1) is 25.5 Å². The van der Waals surface area contributed by atoms with Crippen LogP contribution in [-0.2, 0) is 5.41 Å². The first-order valence-electron chi connectivity index (χ1n) is 10.3. The van der Waals surface area contributed by atoms with Crippen molar-refractivity contribution < 1.29 is 19.1 Å². The first-order valence-corrected chi connectivity index (χ1v) is 10.3. The molecule has 3 rings (SSSR count). The number of methoxy groups -OCH3 is 2. The van der Waals surface area contributed by atoms with Crippen LogP contribution in [-0.4, -0.2) is 26.0 Å². The predicted octanol–water partition coefficient (Wildman–Crippen LogP) is 5.51. The van der Waals surface area contributed by atoms with Crippen LogP contribution in [0.4, 0.5) is 11.4 Å². The number of nitrogens with one attached hydrogen (secondary N) is 2. The van der Waals surface area contributed by atoms with Gasteiger partial charge in [-0.25, -0.2) is 0 Å². The second-order valence-corrected chi connectivity index (χ2v) is 8.38. The highest BCUT2D eigenvalue weighted by Crippen LogP contribution is 2.27. The lowest BCUT2D eigenvalue weighted by Crippen LogP contribution is -2.18. The quantitative estimate of drug-likeness (QED) is 0.539. The van der Waals surface area contributed by atoms with Crippen molar-refractivity contribution in [1.82, 2.24) is 0 Å². The number of para-hydroxylation sites is 1. The zero-order chi connectivity index (χ0) is 23.3. The van der Waals surface area contributed by atoms with Crippen molar-refractivity contribution in [1.29, 1.82) is 0 Å². The Balaban J connectivity index is 1.80. The van der Waals surface area contributed by atoms with Crippen LogP contribution in [0.2, 0.25) is 0 Å². The number of ether oxygens (including phenoxy) is 2. The number of benzene rings is 3. The predicted molar refractivity (Wildman–Crippen MR) is 127 cm³/mol. The number of carbonyl (C=O) groups is 2. The molecule has 2 N–H and O–H groups in total. The van der Waals surface area contributed by atoms with Gasteiger partial charge in [-0.1, -0.05) is 45.0 Å². The zero-order valence-corrected chi connectivity index (χ0v) is 19.0. The summed E-state index contributed by atoms with van der Waals surface area (Å²) in [6.07, 6.45) is 0. The van der Waals surface area contributed by atoms with E-state index in [9.17, 15) is 9.59 Å². The van der Waals surface area contributed by atoms with Gasteiger partial charge in [-0.05, 0) is 35.2 Å². The fourth-order valence-electron chi connectivity index (χ4n) is 3.18. The van der Waals surface area contributed by atoms with Crippen LogP contribution in [0.15, 0.2) is 66.7 Å². The maximum Gasteiger partial charge on any atom is 0.257 e. The van der Waals surface area contributed by atoms with Crippen LogP contribution < -0.4 is 20.1 Å². The Morgan fingerprint density at radius 2 is 1.34 bits per heavy atom. The van der Waals surface area contributed by atoms with Gasteiger partial charge in [0.15, 0.2) is 0 Å². The van der Waals surface area contributed by atoms with Gasteiger partial charge in [-0.2, -0.15) is 0 Å². The fourth-order valence-corrected chi connectivity index (χ4v) is 3.18. The van der Waals surface area contributed by atoms with Crippen LogP contribution in [0.5, 0.6) is 11.5 Å². The summed E-state index contributed by atoms with van der Waals surface area (Å²) in [5.74, 6) is 0.466. The molecule has 0 aliphatic rings. The minimum Gasteiger partial charge on any atom is -0.497 e. The third-order valence-corrected chi connectivity index (χ3v) is 5.04. The Morgan fingerprint density at radius 3 is 1.91 bits per heavy atom. The highest BCUT2D eigenvalue weighted by Gasteiger charge is 2.17. The average Bonchev–Trinajstić information content (AvgIpc) is 2.78. The molecule has 166 valence electrons. The van der Waals surface area contributed by atoms with Gasteiger partial charge < -0.3 is 20.1 Å². The molecule has 0 saturated carbocycles. The lowest BCUT2D eigenvalue weighted by molar-refractivity contribution is 0.102. The molecule has 0 fully saturated rings. The Labute approximate surface area is 188 Å². The van der Waals surface area contributed by atoms with E-state index in [1.165, 1.54) is 0 Å².